The van der Waals surface area contributed by atoms with Gasteiger partial charge in [-0.1, -0.05) is 42.5 Å². The number of nitrogens with zero attached hydrogens (tertiary/aromatic N) is 4. The average molecular weight is 317 g/mol. The van der Waals surface area contributed by atoms with Crippen LogP contribution in [0.1, 0.15) is 5.56 Å². The molecule has 0 aliphatic heterocycles. The van der Waals surface area contributed by atoms with E-state index in [1.54, 1.807) is 18.7 Å². The smallest absolute Gasteiger partial charge is 0.222 e. The first kappa shape index (κ1) is 14.2. The van der Waals surface area contributed by atoms with Gasteiger partial charge in [0.2, 0.25) is 5.95 Å². The van der Waals surface area contributed by atoms with Crippen molar-refractivity contribution in [3.05, 3.63) is 66.7 Å². The molecule has 0 saturated carbocycles. The Labute approximate surface area is 138 Å². The summed E-state index contributed by atoms with van der Waals surface area (Å²) in [5, 5.41) is 0. The van der Waals surface area contributed by atoms with E-state index in [1.165, 1.54) is 0 Å². The van der Waals surface area contributed by atoms with Crippen LogP contribution in [-0.2, 0) is 6.54 Å². The first-order valence-corrected chi connectivity index (χ1v) is 7.55. The second-order valence-electron chi connectivity index (χ2n) is 5.29. The number of anilines is 1. The van der Waals surface area contributed by atoms with E-state index in [-0.39, 0.29) is 5.95 Å². The van der Waals surface area contributed by atoms with E-state index in [0.717, 1.165) is 5.56 Å². The van der Waals surface area contributed by atoms with Crippen molar-refractivity contribution in [3.8, 4) is 11.5 Å². The largest absolute Gasteiger partial charge is 0.463 e. The molecule has 4 rings (SSSR count). The van der Waals surface area contributed by atoms with Crippen molar-refractivity contribution in [2.45, 2.75) is 6.54 Å². The molecule has 3 heterocycles. The van der Waals surface area contributed by atoms with E-state index >= 15 is 0 Å². The summed E-state index contributed by atoms with van der Waals surface area (Å²) in [7, 11) is 0. The number of fused-ring (bicyclic) bond motifs is 1. The second-order valence-corrected chi connectivity index (χ2v) is 5.29. The quantitative estimate of drug-likeness (QED) is 0.624. The van der Waals surface area contributed by atoms with Crippen LogP contribution in [0.2, 0.25) is 0 Å². The van der Waals surface area contributed by atoms with Crippen LogP contribution in [0.3, 0.4) is 0 Å². The number of imidazole rings is 1. The minimum Gasteiger partial charge on any atom is -0.463 e. The number of allylic oxidation sites excluding steroid dienone is 1. The molecule has 0 saturated heterocycles. The zero-order valence-electron chi connectivity index (χ0n) is 12.8. The highest BCUT2D eigenvalue weighted by molar-refractivity contribution is 5.86. The summed E-state index contributed by atoms with van der Waals surface area (Å²) in [6, 6.07) is 13.8. The summed E-state index contributed by atoms with van der Waals surface area (Å²) in [5.41, 5.74) is 8.97. The van der Waals surface area contributed by atoms with Crippen LogP contribution < -0.4 is 5.73 Å². The third-order valence-corrected chi connectivity index (χ3v) is 3.65. The van der Waals surface area contributed by atoms with E-state index in [0.29, 0.717) is 29.2 Å². The standard InChI is InChI=1S/C18H15N5O/c19-18-21-15(14-9-5-11-24-14)16-17(22-18)23(12-20-16)10-4-8-13-6-2-1-3-7-13/h1-9,11-12H,10H2,(H2,19,21,22)/b8-4+. The van der Waals surface area contributed by atoms with Crippen LogP contribution in [-0.4, -0.2) is 19.5 Å². The third-order valence-electron chi connectivity index (χ3n) is 3.65. The minimum atomic E-state index is 0.197. The maximum atomic E-state index is 5.86. The van der Waals surface area contributed by atoms with Crippen LogP contribution in [0.25, 0.3) is 28.7 Å². The van der Waals surface area contributed by atoms with Crippen molar-refractivity contribution in [1.29, 1.82) is 0 Å². The van der Waals surface area contributed by atoms with Gasteiger partial charge in [0.15, 0.2) is 11.4 Å². The van der Waals surface area contributed by atoms with Gasteiger partial charge in [0.1, 0.15) is 11.2 Å². The molecule has 2 N–H and O–H groups in total. The fourth-order valence-electron chi connectivity index (χ4n) is 2.55. The van der Waals surface area contributed by atoms with Crippen LogP contribution in [0.15, 0.2) is 65.5 Å². The lowest BCUT2D eigenvalue weighted by molar-refractivity contribution is 0.580. The number of nitrogen functional groups attached to an aromatic ring is 1. The SMILES string of the molecule is Nc1nc(-c2ccco2)c2ncn(C/C=C/c3ccccc3)c2n1. The molecule has 1 aromatic carbocycles. The Hall–Kier alpha value is -3.41. The Morgan fingerprint density at radius 1 is 1.08 bits per heavy atom. The second kappa shape index (κ2) is 6.00. The maximum absolute atomic E-state index is 5.86. The highest BCUT2D eigenvalue weighted by Gasteiger charge is 2.15. The molecule has 0 spiro atoms. The van der Waals surface area contributed by atoms with Gasteiger partial charge in [-0.25, -0.2) is 9.97 Å². The monoisotopic (exact) mass is 317 g/mol. The molecule has 24 heavy (non-hydrogen) atoms. The van der Waals surface area contributed by atoms with Gasteiger partial charge in [-0.05, 0) is 17.7 Å². The first-order chi connectivity index (χ1) is 11.8. The van der Waals surface area contributed by atoms with Crippen molar-refractivity contribution in [1.82, 2.24) is 19.5 Å². The van der Waals surface area contributed by atoms with Crippen LogP contribution in [0, 0.1) is 0 Å². The highest BCUT2D eigenvalue weighted by atomic mass is 16.3. The maximum Gasteiger partial charge on any atom is 0.222 e. The molecule has 6 nitrogen and oxygen atoms in total. The number of aromatic nitrogens is 4. The molecular weight excluding hydrogens is 302 g/mol. The number of hydrogen-bond acceptors (Lipinski definition) is 5. The Morgan fingerprint density at radius 3 is 2.75 bits per heavy atom. The van der Waals surface area contributed by atoms with Crippen molar-refractivity contribution >= 4 is 23.2 Å². The number of hydrogen-bond donors (Lipinski definition) is 1. The number of furan rings is 1. The number of benzene rings is 1. The summed E-state index contributed by atoms with van der Waals surface area (Å²) in [6.07, 6.45) is 7.45. The van der Waals surface area contributed by atoms with Gasteiger partial charge in [-0.15, -0.1) is 0 Å². The third kappa shape index (κ3) is 2.65. The molecule has 0 fully saturated rings. The van der Waals surface area contributed by atoms with Crippen molar-refractivity contribution in [3.63, 3.8) is 0 Å². The summed E-state index contributed by atoms with van der Waals surface area (Å²) in [6.45, 7) is 0.638. The summed E-state index contributed by atoms with van der Waals surface area (Å²) < 4.78 is 7.35. The first-order valence-electron chi connectivity index (χ1n) is 7.55. The molecule has 4 aromatic rings. The molecule has 3 aromatic heterocycles. The number of rotatable bonds is 4. The Bertz CT molecular complexity index is 987. The summed E-state index contributed by atoms with van der Waals surface area (Å²) in [4.78, 5) is 13.0. The molecule has 0 radical (unpaired) electrons. The average Bonchev–Trinajstić information content (AvgIpc) is 3.26. The predicted octanol–water partition coefficient (Wildman–Crippen LogP) is 3.38. The molecule has 0 unspecified atom stereocenters. The van der Waals surface area contributed by atoms with Gasteiger partial charge in [0.05, 0.1) is 12.6 Å². The van der Waals surface area contributed by atoms with E-state index in [2.05, 4.69) is 39.2 Å². The van der Waals surface area contributed by atoms with E-state index in [9.17, 15) is 0 Å². The molecule has 0 amide bonds. The Kier molecular flexibility index (Phi) is 3.55. The minimum absolute atomic E-state index is 0.197. The zero-order chi connectivity index (χ0) is 16.4. The predicted molar refractivity (Wildman–Crippen MR) is 92.9 cm³/mol. The van der Waals surface area contributed by atoms with Gasteiger partial charge in [0, 0.05) is 6.54 Å². The summed E-state index contributed by atoms with van der Waals surface area (Å²) >= 11 is 0. The van der Waals surface area contributed by atoms with Crippen molar-refractivity contribution in [2.75, 3.05) is 5.73 Å². The summed E-state index contributed by atoms with van der Waals surface area (Å²) in [5.74, 6) is 0.821. The molecule has 0 aliphatic rings. The fraction of sp³-hybridized carbons (Fsp3) is 0.0556. The molecule has 0 atom stereocenters. The molecule has 118 valence electrons. The lowest BCUT2D eigenvalue weighted by atomic mass is 10.2. The normalized spacial score (nSPS) is 11.5. The van der Waals surface area contributed by atoms with Gasteiger partial charge in [-0.3, -0.25) is 0 Å². The molecular formula is C18H15N5O. The Morgan fingerprint density at radius 2 is 1.96 bits per heavy atom. The van der Waals surface area contributed by atoms with E-state index < -0.39 is 0 Å². The van der Waals surface area contributed by atoms with Crippen LogP contribution >= 0.6 is 0 Å². The van der Waals surface area contributed by atoms with Gasteiger partial charge >= 0.3 is 0 Å². The molecule has 0 bridgehead atoms. The molecule has 6 heteroatoms. The van der Waals surface area contributed by atoms with E-state index in [1.807, 2.05) is 28.8 Å². The lowest BCUT2D eigenvalue weighted by Gasteiger charge is -2.02. The topological polar surface area (TPSA) is 82.8 Å². The van der Waals surface area contributed by atoms with Gasteiger partial charge < -0.3 is 14.7 Å². The fourth-order valence-corrected chi connectivity index (χ4v) is 2.55. The molecule has 0 aliphatic carbocycles. The number of nitrogens with two attached hydrogens (primary N) is 1. The van der Waals surface area contributed by atoms with Gasteiger partial charge in [0.25, 0.3) is 0 Å². The van der Waals surface area contributed by atoms with Crippen LogP contribution in [0.5, 0.6) is 0 Å². The lowest BCUT2D eigenvalue weighted by Crippen LogP contribution is -2.01. The van der Waals surface area contributed by atoms with Crippen molar-refractivity contribution < 1.29 is 4.42 Å². The Balaban J connectivity index is 1.69. The zero-order valence-corrected chi connectivity index (χ0v) is 12.8. The van der Waals surface area contributed by atoms with E-state index in [4.69, 9.17) is 10.2 Å². The van der Waals surface area contributed by atoms with Crippen LogP contribution in [0.4, 0.5) is 5.95 Å². The highest BCUT2D eigenvalue weighted by Crippen LogP contribution is 2.26. The van der Waals surface area contributed by atoms with Crippen molar-refractivity contribution in [2.24, 2.45) is 0 Å². The van der Waals surface area contributed by atoms with Gasteiger partial charge in [-0.2, -0.15) is 4.98 Å².